The SMILES string of the molecule is CCCCC(=O)N(Cc1ccc(-c2ccccc2-c2nnn(C(=O)Oc3cccc(CO[N+](=O)[O-])c3)n2)cc1)C(C)C(C)C. The van der Waals surface area contributed by atoms with Crippen molar-refractivity contribution in [2.75, 3.05) is 0 Å². The number of unbranched alkanes of at least 4 members (excludes halogenated alkanes) is 1. The summed E-state index contributed by atoms with van der Waals surface area (Å²) in [5, 5.41) is 21.8. The second kappa shape index (κ2) is 14.9. The van der Waals surface area contributed by atoms with E-state index in [0.29, 0.717) is 30.0 Å². The highest BCUT2D eigenvalue weighted by Gasteiger charge is 2.23. The van der Waals surface area contributed by atoms with Crippen LogP contribution in [0.15, 0.2) is 72.8 Å². The number of carbonyl (C=O) groups excluding carboxylic acids is 2. The van der Waals surface area contributed by atoms with Crippen molar-refractivity contribution in [3.8, 4) is 28.3 Å². The Morgan fingerprint density at radius 1 is 0.977 bits per heavy atom. The van der Waals surface area contributed by atoms with Crippen LogP contribution in [0.4, 0.5) is 4.79 Å². The molecule has 0 aliphatic heterocycles. The van der Waals surface area contributed by atoms with Gasteiger partial charge in [-0.3, -0.25) is 4.79 Å². The summed E-state index contributed by atoms with van der Waals surface area (Å²) < 4.78 is 5.33. The van der Waals surface area contributed by atoms with Crippen molar-refractivity contribution in [3.05, 3.63) is 94.0 Å². The van der Waals surface area contributed by atoms with E-state index in [0.717, 1.165) is 34.3 Å². The fraction of sp³-hybridized carbons (Fsp3) is 0.344. The molecular formula is C32H36N6O6. The Kier molecular flexibility index (Phi) is 10.7. The summed E-state index contributed by atoms with van der Waals surface area (Å²) in [6, 6.07) is 21.8. The summed E-state index contributed by atoms with van der Waals surface area (Å²) in [5.74, 6) is 0.887. The maximum absolute atomic E-state index is 13.0. The maximum atomic E-state index is 13.0. The summed E-state index contributed by atoms with van der Waals surface area (Å²) in [6.07, 6.45) is 1.50. The minimum absolute atomic E-state index is 0.117. The highest BCUT2D eigenvalue weighted by molar-refractivity contribution is 5.81. The molecule has 12 nitrogen and oxygen atoms in total. The van der Waals surface area contributed by atoms with Crippen molar-refractivity contribution >= 4 is 12.0 Å². The molecule has 3 aromatic carbocycles. The molecule has 0 saturated carbocycles. The topological polar surface area (TPSA) is 143 Å². The van der Waals surface area contributed by atoms with E-state index >= 15 is 0 Å². The van der Waals surface area contributed by atoms with Crippen LogP contribution in [0.3, 0.4) is 0 Å². The number of benzene rings is 3. The molecule has 0 bridgehead atoms. The van der Waals surface area contributed by atoms with Gasteiger partial charge in [0.1, 0.15) is 12.4 Å². The number of amides is 1. The highest BCUT2D eigenvalue weighted by Crippen LogP contribution is 2.30. The lowest BCUT2D eigenvalue weighted by Crippen LogP contribution is -2.40. The smallest absolute Gasteiger partial charge is 0.408 e. The Labute approximate surface area is 255 Å². The molecule has 1 amide bonds. The maximum Gasteiger partial charge on any atom is 0.459 e. The monoisotopic (exact) mass is 600 g/mol. The van der Waals surface area contributed by atoms with Gasteiger partial charge in [-0.15, -0.1) is 20.3 Å². The van der Waals surface area contributed by atoms with Gasteiger partial charge in [-0.1, -0.05) is 92.7 Å². The number of aromatic nitrogens is 4. The van der Waals surface area contributed by atoms with Crippen LogP contribution in [0.5, 0.6) is 5.75 Å². The molecule has 0 aliphatic carbocycles. The molecule has 1 aromatic heterocycles. The Hall–Kier alpha value is -5.13. The zero-order valence-electron chi connectivity index (χ0n) is 25.3. The molecule has 0 spiro atoms. The van der Waals surface area contributed by atoms with Crippen molar-refractivity contribution in [3.63, 3.8) is 0 Å². The summed E-state index contributed by atoms with van der Waals surface area (Å²) in [4.78, 5) is 43.3. The number of rotatable bonds is 13. The van der Waals surface area contributed by atoms with E-state index < -0.39 is 11.2 Å². The van der Waals surface area contributed by atoms with Crippen molar-refractivity contribution in [1.29, 1.82) is 0 Å². The minimum atomic E-state index is -0.898. The van der Waals surface area contributed by atoms with Gasteiger partial charge in [-0.2, -0.15) is 0 Å². The third kappa shape index (κ3) is 8.24. The van der Waals surface area contributed by atoms with E-state index in [1.54, 1.807) is 12.1 Å². The summed E-state index contributed by atoms with van der Waals surface area (Å²) in [7, 11) is 0. The molecule has 1 heterocycles. The molecule has 4 rings (SSSR count). The van der Waals surface area contributed by atoms with E-state index in [2.05, 4.69) is 47.9 Å². The van der Waals surface area contributed by atoms with Gasteiger partial charge in [-0.05, 0) is 58.9 Å². The fourth-order valence-corrected chi connectivity index (χ4v) is 4.57. The standard InChI is InChI=1S/C32H36N6O6/c1-5-6-14-30(39)36(23(4)22(2)3)20-24-15-17-26(18-16-24)28-12-7-8-13-29(28)31-33-35-37(34-31)32(40)44-27-11-9-10-25(19-27)21-43-38(41)42/h7-13,15-19,22-23H,5-6,14,20-21H2,1-4H3. The van der Waals surface area contributed by atoms with Crippen LogP contribution in [0.2, 0.25) is 0 Å². The summed E-state index contributed by atoms with van der Waals surface area (Å²) >= 11 is 0. The number of carbonyl (C=O) groups is 2. The van der Waals surface area contributed by atoms with Crippen molar-refractivity contribution in [2.45, 2.75) is 66.2 Å². The second-order valence-corrected chi connectivity index (χ2v) is 10.8. The molecule has 44 heavy (non-hydrogen) atoms. The van der Waals surface area contributed by atoms with Crippen LogP contribution in [0, 0.1) is 16.0 Å². The van der Waals surface area contributed by atoms with Crippen LogP contribution >= 0.6 is 0 Å². The van der Waals surface area contributed by atoms with Crippen molar-refractivity contribution < 1.29 is 24.3 Å². The second-order valence-electron chi connectivity index (χ2n) is 10.8. The molecular weight excluding hydrogens is 564 g/mol. The first-order valence-corrected chi connectivity index (χ1v) is 14.5. The van der Waals surface area contributed by atoms with Gasteiger partial charge in [0.05, 0.1) is 0 Å². The Bertz CT molecular complexity index is 1590. The molecule has 1 unspecified atom stereocenters. The van der Waals surface area contributed by atoms with E-state index in [1.807, 2.05) is 53.4 Å². The van der Waals surface area contributed by atoms with Crippen LogP contribution in [-0.2, 0) is 22.8 Å². The lowest BCUT2D eigenvalue weighted by Gasteiger charge is -2.32. The first-order valence-electron chi connectivity index (χ1n) is 14.5. The number of hydrogen-bond acceptors (Lipinski definition) is 9. The summed E-state index contributed by atoms with van der Waals surface area (Å²) in [6.45, 7) is 8.69. The first-order chi connectivity index (χ1) is 21.2. The Morgan fingerprint density at radius 2 is 1.70 bits per heavy atom. The first kappa shape index (κ1) is 31.8. The molecule has 0 aliphatic rings. The predicted octanol–water partition coefficient (Wildman–Crippen LogP) is 6.33. The molecule has 4 aromatic rings. The largest absolute Gasteiger partial charge is 0.459 e. The van der Waals surface area contributed by atoms with Gasteiger partial charge in [0.15, 0.2) is 0 Å². The van der Waals surface area contributed by atoms with Crippen molar-refractivity contribution in [1.82, 2.24) is 25.1 Å². The molecule has 0 fully saturated rings. The number of ether oxygens (including phenoxy) is 1. The van der Waals surface area contributed by atoms with Gasteiger partial charge in [0.25, 0.3) is 5.09 Å². The lowest BCUT2D eigenvalue weighted by molar-refractivity contribution is -0.763. The van der Waals surface area contributed by atoms with E-state index in [9.17, 15) is 19.7 Å². The van der Waals surface area contributed by atoms with E-state index in [4.69, 9.17) is 4.74 Å². The van der Waals surface area contributed by atoms with Crippen molar-refractivity contribution in [2.24, 2.45) is 5.92 Å². The van der Waals surface area contributed by atoms with Gasteiger partial charge in [0.2, 0.25) is 11.7 Å². The van der Waals surface area contributed by atoms with E-state index in [-0.39, 0.29) is 30.1 Å². The third-order valence-electron chi connectivity index (χ3n) is 7.32. The van der Waals surface area contributed by atoms with Gasteiger partial charge >= 0.3 is 6.09 Å². The predicted molar refractivity (Wildman–Crippen MR) is 163 cm³/mol. The zero-order valence-corrected chi connectivity index (χ0v) is 25.3. The normalized spacial score (nSPS) is 11.7. The Morgan fingerprint density at radius 3 is 2.39 bits per heavy atom. The fourth-order valence-electron chi connectivity index (χ4n) is 4.57. The van der Waals surface area contributed by atoms with Crippen LogP contribution in [-0.4, -0.2) is 48.2 Å². The van der Waals surface area contributed by atoms with Gasteiger partial charge in [-0.25, -0.2) is 4.79 Å². The number of nitrogens with zero attached hydrogens (tertiary/aromatic N) is 6. The quantitative estimate of drug-likeness (QED) is 0.127. The third-order valence-corrected chi connectivity index (χ3v) is 7.32. The van der Waals surface area contributed by atoms with Crippen LogP contribution in [0.1, 0.15) is 58.1 Å². The zero-order chi connectivity index (χ0) is 31.6. The van der Waals surface area contributed by atoms with E-state index in [1.165, 1.54) is 12.1 Å². The average Bonchev–Trinajstić information content (AvgIpc) is 3.52. The molecule has 0 radical (unpaired) electrons. The highest BCUT2D eigenvalue weighted by atomic mass is 16.9. The summed E-state index contributed by atoms with van der Waals surface area (Å²) in [5.41, 5.74) is 3.91. The molecule has 230 valence electrons. The minimum Gasteiger partial charge on any atom is -0.408 e. The number of hydrogen-bond donors (Lipinski definition) is 0. The molecule has 0 saturated heterocycles. The molecule has 12 heteroatoms. The Balaban J connectivity index is 1.50. The lowest BCUT2D eigenvalue weighted by atomic mass is 9.97. The average molecular weight is 601 g/mol. The van der Waals surface area contributed by atoms with Crippen LogP contribution in [0.25, 0.3) is 22.5 Å². The molecule has 0 N–H and O–H groups in total. The van der Waals surface area contributed by atoms with Gasteiger partial charge < -0.3 is 14.5 Å². The molecule has 1 atom stereocenters. The number of tetrazole rings is 1. The van der Waals surface area contributed by atoms with Crippen LogP contribution < -0.4 is 4.74 Å². The van der Waals surface area contributed by atoms with Gasteiger partial charge in [0, 0.05) is 24.6 Å².